The van der Waals surface area contributed by atoms with Crippen molar-refractivity contribution in [3.05, 3.63) is 100 Å². The Kier molecular flexibility index (Phi) is 4.92. The molecule has 31 heavy (non-hydrogen) atoms. The minimum atomic E-state index is 0.385. The van der Waals surface area contributed by atoms with Gasteiger partial charge in [0.05, 0.1) is 11.4 Å². The van der Waals surface area contributed by atoms with Crippen molar-refractivity contribution in [2.45, 2.75) is 20.1 Å². The fourth-order valence-corrected chi connectivity index (χ4v) is 3.85. The third-order valence-corrected chi connectivity index (χ3v) is 5.55. The van der Waals surface area contributed by atoms with Crippen molar-refractivity contribution in [2.75, 3.05) is 5.73 Å². The summed E-state index contributed by atoms with van der Waals surface area (Å²) in [7, 11) is 0. The molecule has 0 saturated carbocycles. The Bertz CT molecular complexity index is 1290. The van der Waals surface area contributed by atoms with Crippen molar-refractivity contribution in [1.29, 1.82) is 0 Å². The SMILES string of the molecule is Cc1nnc2n1-c1ccc(OCc3ccccc3N)cc1C(c1ccc(Cl)cc1)=NC2. The van der Waals surface area contributed by atoms with Crippen LogP contribution in [0.15, 0.2) is 71.7 Å². The number of ether oxygens (including phenoxy) is 1. The zero-order valence-electron chi connectivity index (χ0n) is 16.9. The second-order valence-electron chi connectivity index (χ2n) is 7.34. The number of hydrogen-bond acceptors (Lipinski definition) is 5. The average molecular weight is 430 g/mol. The molecule has 7 heteroatoms. The standard InChI is InChI=1S/C24H20ClN5O/c1-15-28-29-23-13-27-24(16-6-8-18(25)9-7-16)20-12-19(10-11-22(20)30(15)23)31-14-17-4-2-3-5-21(17)26/h2-12H,13-14,26H2,1H3. The summed E-state index contributed by atoms with van der Waals surface area (Å²) in [5.41, 5.74) is 11.5. The summed E-state index contributed by atoms with van der Waals surface area (Å²) in [5.74, 6) is 2.35. The fraction of sp³-hybridized carbons (Fsp3) is 0.125. The van der Waals surface area contributed by atoms with E-state index in [1.165, 1.54) is 0 Å². The second-order valence-corrected chi connectivity index (χ2v) is 7.77. The monoisotopic (exact) mass is 429 g/mol. The number of rotatable bonds is 4. The van der Waals surface area contributed by atoms with Crippen LogP contribution >= 0.6 is 11.6 Å². The highest BCUT2D eigenvalue weighted by Gasteiger charge is 2.22. The number of aliphatic imine (C=N–C) groups is 1. The van der Waals surface area contributed by atoms with Gasteiger partial charge in [0.1, 0.15) is 24.7 Å². The first-order valence-electron chi connectivity index (χ1n) is 9.92. The lowest BCUT2D eigenvalue weighted by molar-refractivity contribution is 0.307. The zero-order chi connectivity index (χ0) is 21.4. The first kappa shape index (κ1) is 19.3. The molecule has 0 amide bonds. The smallest absolute Gasteiger partial charge is 0.159 e. The van der Waals surface area contributed by atoms with E-state index in [1.807, 2.05) is 78.2 Å². The van der Waals surface area contributed by atoms with Gasteiger partial charge in [-0.1, -0.05) is 41.9 Å². The molecular formula is C24H20ClN5O. The normalized spacial score (nSPS) is 12.5. The number of nitrogens with two attached hydrogens (primary N) is 1. The van der Waals surface area contributed by atoms with E-state index in [-0.39, 0.29) is 0 Å². The molecule has 0 fully saturated rings. The van der Waals surface area contributed by atoms with E-state index >= 15 is 0 Å². The number of halogens is 1. The molecule has 0 bridgehead atoms. The topological polar surface area (TPSA) is 78.3 Å². The zero-order valence-corrected chi connectivity index (χ0v) is 17.7. The van der Waals surface area contributed by atoms with Crippen molar-refractivity contribution in [1.82, 2.24) is 14.8 Å². The number of hydrogen-bond donors (Lipinski definition) is 1. The predicted molar refractivity (Wildman–Crippen MR) is 122 cm³/mol. The third-order valence-electron chi connectivity index (χ3n) is 5.30. The van der Waals surface area contributed by atoms with Gasteiger partial charge >= 0.3 is 0 Å². The maximum Gasteiger partial charge on any atom is 0.159 e. The largest absolute Gasteiger partial charge is 0.489 e. The Morgan fingerprint density at radius 2 is 1.84 bits per heavy atom. The maximum atomic E-state index is 6.10. The lowest BCUT2D eigenvalue weighted by Gasteiger charge is -2.15. The van der Waals surface area contributed by atoms with E-state index in [0.29, 0.717) is 23.9 Å². The van der Waals surface area contributed by atoms with Gasteiger partial charge in [-0.2, -0.15) is 0 Å². The Balaban J connectivity index is 1.58. The molecule has 0 unspecified atom stereocenters. The number of aromatic nitrogens is 3. The van der Waals surface area contributed by atoms with Crippen molar-refractivity contribution >= 4 is 23.0 Å². The van der Waals surface area contributed by atoms with Crippen molar-refractivity contribution in [2.24, 2.45) is 4.99 Å². The van der Waals surface area contributed by atoms with E-state index in [0.717, 1.165) is 45.5 Å². The van der Waals surface area contributed by atoms with Gasteiger partial charge in [0.15, 0.2) is 5.82 Å². The van der Waals surface area contributed by atoms with Crippen LogP contribution in [0.25, 0.3) is 5.69 Å². The van der Waals surface area contributed by atoms with Crippen LogP contribution in [-0.4, -0.2) is 20.5 Å². The summed E-state index contributed by atoms with van der Waals surface area (Å²) in [6.45, 7) is 2.76. The summed E-state index contributed by atoms with van der Waals surface area (Å²) in [4.78, 5) is 4.87. The van der Waals surface area contributed by atoms with Gasteiger partial charge in [-0.05, 0) is 43.3 Å². The minimum absolute atomic E-state index is 0.385. The van der Waals surface area contributed by atoms with E-state index in [9.17, 15) is 0 Å². The quantitative estimate of drug-likeness (QED) is 0.475. The molecule has 2 heterocycles. The summed E-state index contributed by atoms with van der Waals surface area (Å²) >= 11 is 6.10. The molecule has 2 N–H and O–H groups in total. The van der Waals surface area contributed by atoms with Crippen LogP contribution < -0.4 is 10.5 Å². The van der Waals surface area contributed by atoms with Crippen molar-refractivity contribution in [3.8, 4) is 11.4 Å². The fourth-order valence-electron chi connectivity index (χ4n) is 3.73. The highest BCUT2D eigenvalue weighted by molar-refractivity contribution is 6.30. The highest BCUT2D eigenvalue weighted by atomic mass is 35.5. The third kappa shape index (κ3) is 3.66. The molecule has 1 aromatic heterocycles. The summed E-state index contributed by atoms with van der Waals surface area (Å²) in [6, 6.07) is 21.4. The van der Waals surface area contributed by atoms with E-state index < -0.39 is 0 Å². The van der Waals surface area contributed by atoms with Crippen LogP contribution in [0.5, 0.6) is 5.75 Å². The minimum Gasteiger partial charge on any atom is -0.489 e. The number of benzene rings is 3. The number of nitrogens with zero attached hydrogens (tertiary/aromatic N) is 4. The Labute approximate surface area is 185 Å². The van der Waals surface area contributed by atoms with Crippen LogP contribution in [0.3, 0.4) is 0 Å². The van der Waals surface area contributed by atoms with Crippen LogP contribution in [0.2, 0.25) is 5.02 Å². The Hall–Kier alpha value is -3.64. The number of fused-ring (bicyclic) bond motifs is 3. The second kappa shape index (κ2) is 7.89. The molecule has 0 atom stereocenters. The molecule has 6 nitrogen and oxygen atoms in total. The van der Waals surface area contributed by atoms with Gasteiger partial charge < -0.3 is 10.5 Å². The molecule has 0 saturated heterocycles. The van der Waals surface area contributed by atoms with Gasteiger partial charge in [-0.3, -0.25) is 9.56 Å². The summed E-state index contributed by atoms with van der Waals surface area (Å²) in [6.07, 6.45) is 0. The summed E-state index contributed by atoms with van der Waals surface area (Å²) < 4.78 is 8.13. The number of para-hydroxylation sites is 1. The van der Waals surface area contributed by atoms with E-state index in [1.54, 1.807) is 0 Å². The van der Waals surface area contributed by atoms with Crippen LogP contribution in [0.1, 0.15) is 28.3 Å². The molecule has 5 rings (SSSR count). The van der Waals surface area contributed by atoms with Crippen molar-refractivity contribution in [3.63, 3.8) is 0 Å². The first-order valence-corrected chi connectivity index (χ1v) is 10.3. The number of nitrogen functional groups attached to an aromatic ring is 1. The van der Waals surface area contributed by atoms with E-state index in [4.69, 9.17) is 27.1 Å². The molecule has 0 spiro atoms. The number of aryl methyl sites for hydroxylation is 1. The lowest BCUT2D eigenvalue weighted by atomic mass is 10.00. The van der Waals surface area contributed by atoms with Gasteiger partial charge in [-0.25, -0.2) is 0 Å². The van der Waals surface area contributed by atoms with Crippen LogP contribution in [-0.2, 0) is 13.2 Å². The molecule has 1 aliphatic heterocycles. The summed E-state index contributed by atoms with van der Waals surface area (Å²) in [5, 5.41) is 9.23. The number of anilines is 1. The molecule has 0 aliphatic carbocycles. The van der Waals surface area contributed by atoms with Crippen molar-refractivity contribution < 1.29 is 4.74 Å². The molecule has 154 valence electrons. The van der Waals surface area contributed by atoms with Gasteiger partial charge in [0.25, 0.3) is 0 Å². The predicted octanol–water partition coefficient (Wildman–Crippen LogP) is 4.74. The average Bonchev–Trinajstić information content (AvgIpc) is 3.06. The molecule has 3 aromatic carbocycles. The molecule has 1 aliphatic rings. The van der Waals surface area contributed by atoms with Crippen LogP contribution in [0, 0.1) is 6.92 Å². The molecule has 4 aromatic rings. The highest BCUT2D eigenvalue weighted by Crippen LogP contribution is 2.30. The van der Waals surface area contributed by atoms with Gasteiger partial charge in [-0.15, -0.1) is 10.2 Å². The molecule has 0 radical (unpaired) electrons. The van der Waals surface area contributed by atoms with Gasteiger partial charge in [0.2, 0.25) is 0 Å². The van der Waals surface area contributed by atoms with Gasteiger partial charge in [0, 0.05) is 27.4 Å². The Morgan fingerprint density at radius 1 is 1.03 bits per heavy atom. The van der Waals surface area contributed by atoms with E-state index in [2.05, 4.69) is 10.2 Å². The molecular weight excluding hydrogens is 410 g/mol. The lowest BCUT2D eigenvalue weighted by Crippen LogP contribution is -2.09. The maximum absolute atomic E-state index is 6.10. The van der Waals surface area contributed by atoms with Crippen LogP contribution in [0.4, 0.5) is 5.69 Å². The Morgan fingerprint density at radius 3 is 2.65 bits per heavy atom. The first-order chi connectivity index (χ1) is 15.1.